The molecule has 4 nitrogen and oxygen atoms in total. The van der Waals surface area contributed by atoms with E-state index in [1.807, 2.05) is 111 Å². The third-order valence-corrected chi connectivity index (χ3v) is 8.19. The maximum absolute atomic E-state index is 12.4. The second-order valence-electron chi connectivity index (χ2n) is 11.3. The van der Waals surface area contributed by atoms with Gasteiger partial charge in [-0.15, -0.1) is 0 Å². The number of hydrogen-bond acceptors (Lipinski definition) is 2. The molecule has 0 fully saturated rings. The lowest BCUT2D eigenvalue weighted by Crippen LogP contribution is -2.21. The first-order chi connectivity index (χ1) is 21.7. The lowest BCUT2D eigenvalue weighted by Gasteiger charge is -2.27. The summed E-state index contributed by atoms with van der Waals surface area (Å²) >= 11 is 0. The highest BCUT2D eigenvalue weighted by Gasteiger charge is 2.27. The van der Waals surface area contributed by atoms with Gasteiger partial charge >= 0.3 is 11.9 Å². The first kappa shape index (κ1) is 29.0. The Kier molecular flexibility index (Phi) is 7.66. The minimum absolute atomic E-state index is 0.0874. The highest BCUT2D eigenvalue weighted by Crippen LogP contribution is 2.34. The zero-order valence-corrected chi connectivity index (χ0v) is 24.8. The monoisotopic (exact) mass is 584 g/mol. The fourth-order valence-corrected chi connectivity index (χ4v) is 5.54. The van der Waals surface area contributed by atoms with Gasteiger partial charge in [0.2, 0.25) is 0 Å². The Morgan fingerprint density at radius 2 is 0.867 bits per heavy atom. The second-order valence-corrected chi connectivity index (χ2v) is 11.3. The lowest BCUT2D eigenvalue weighted by molar-refractivity contribution is 0.0685. The molecule has 0 saturated carbocycles. The van der Waals surface area contributed by atoms with Crippen LogP contribution < -0.4 is 0 Å². The molecule has 0 aliphatic rings. The van der Waals surface area contributed by atoms with Gasteiger partial charge in [-0.3, -0.25) is 0 Å². The predicted octanol–water partition coefficient (Wildman–Crippen LogP) is 8.51. The van der Waals surface area contributed by atoms with E-state index >= 15 is 0 Å². The van der Waals surface area contributed by atoms with E-state index in [0.29, 0.717) is 11.1 Å². The summed E-state index contributed by atoms with van der Waals surface area (Å²) in [7, 11) is 0. The molecule has 0 atom stereocenters. The lowest BCUT2D eigenvalue weighted by atomic mass is 9.76. The molecule has 4 heteroatoms. The van der Waals surface area contributed by atoms with Crippen LogP contribution in [0.3, 0.4) is 0 Å². The van der Waals surface area contributed by atoms with Crippen molar-refractivity contribution in [3.05, 3.63) is 166 Å². The van der Waals surface area contributed by atoms with Gasteiger partial charge in [-0.2, -0.15) is 0 Å². The van der Waals surface area contributed by atoms with Gasteiger partial charge in [-0.1, -0.05) is 122 Å². The standard InChI is InChI=1S/C41H28O4/c1-41(2,33-23-21-31(37(25-33)39(42)43)19-17-29-13-7-11-27-9-3-5-15-35(27)29)34-24-22-32(38(26-34)40(44)45)20-18-30-14-8-12-28-10-4-6-16-36(28)30/h3-16,21-26H,1-2H3,(H,42,43)(H,44,45). The normalized spacial score (nSPS) is 10.9. The van der Waals surface area contributed by atoms with Crippen molar-refractivity contribution >= 4 is 33.5 Å². The number of rotatable bonds is 4. The zero-order chi connectivity index (χ0) is 31.6. The summed E-state index contributed by atoms with van der Waals surface area (Å²) in [4.78, 5) is 24.7. The van der Waals surface area contributed by atoms with Crippen LogP contribution in [-0.4, -0.2) is 22.2 Å². The quantitative estimate of drug-likeness (QED) is 0.204. The van der Waals surface area contributed by atoms with Crippen LogP contribution in [0.5, 0.6) is 0 Å². The number of aromatic carboxylic acids is 2. The number of fused-ring (bicyclic) bond motifs is 2. The van der Waals surface area contributed by atoms with Crippen molar-refractivity contribution in [2.45, 2.75) is 19.3 Å². The molecule has 0 bridgehead atoms. The third-order valence-electron chi connectivity index (χ3n) is 8.19. The molecule has 0 aromatic heterocycles. The molecular weight excluding hydrogens is 556 g/mol. The number of carboxylic acids is 2. The van der Waals surface area contributed by atoms with E-state index in [0.717, 1.165) is 43.8 Å². The average Bonchev–Trinajstić information content (AvgIpc) is 3.06. The molecule has 0 amide bonds. The maximum Gasteiger partial charge on any atom is 0.336 e. The Morgan fingerprint density at radius 1 is 0.489 bits per heavy atom. The molecule has 2 N–H and O–H groups in total. The van der Waals surface area contributed by atoms with E-state index in [9.17, 15) is 19.8 Å². The molecule has 6 aromatic carbocycles. The Hall–Kier alpha value is -6.10. The van der Waals surface area contributed by atoms with Crippen LogP contribution in [-0.2, 0) is 5.41 Å². The van der Waals surface area contributed by atoms with Gasteiger partial charge in [0.25, 0.3) is 0 Å². The summed E-state index contributed by atoms with van der Waals surface area (Å²) in [5, 5.41) is 24.3. The molecule has 6 aromatic rings. The summed E-state index contributed by atoms with van der Waals surface area (Å²) in [6.45, 7) is 3.88. The fourth-order valence-electron chi connectivity index (χ4n) is 5.54. The maximum atomic E-state index is 12.4. The smallest absolute Gasteiger partial charge is 0.336 e. The zero-order valence-electron chi connectivity index (χ0n) is 24.8. The molecule has 0 aliphatic carbocycles. The molecule has 0 unspecified atom stereocenters. The van der Waals surface area contributed by atoms with E-state index in [1.165, 1.54) is 0 Å². The van der Waals surface area contributed by atoms with Gasteiger partial charge < -0.3 is 10.2 Å². The Labute approximate surface area is 261 Å². The Bertz CT molecular complexity index is 2100. The number of carbonyl (C=O) groups is 2. The number of hydrogen-bond donors (Lipinski definition) is 2. The largest absolute Gasteiger partial charge is 0.478 e. The van der Waals surface area contributed by atoms with Crippen LogP contribution in [0.4, 0.5) is 0 Å². The van der Waals surface area contributed by atoms with Crippen molar-refractivity contribution in [1.29, 1.82) is 0 Å². The SMILES string of the molecule is CC(C)(c1ccc(C#Cc2cccc3ccccc23)c(C(=O)O)c1)c1ccc(C#Cc2cccc3ccccc23)c(C(=O)O)c1. The highest BCUT2D eigenvalue weighted by atomic mass is 16.4. The van der Waals surface area contributed by atoms with Gasteiger partial charge in [-0.25, -0.2) is 9.59 Å². The van der Waals surface area contributed by atoms with Crippen LogP contribution in [0.25, 0.3) is 21.5 Å². The van der Waals surface area contributed by atoms with Gasteiger partial charge in [0.1, 0.15) is 0 Å². The fraction of sp³-hybridized carbons (Fsp3) is 0.0732. The highest BCUT2D eigenvalue weighted by molar-refractivity contribution is 5.93. The van der Waals surface area contributed by atoms with Crippen LogP contribution in [0.15, 0.2) is 121 Å². The Morgan fingerprint density at radius 3 is 1.29 bits per heavy atom. The van der Waals surface area contributed by atoms with Crippen molar-refractivity contribution in [2.24, 2.45) is 0 Å². The minimum Gasteiger partial charge on any atom is -0.478 e. The molecule has 0 saturated heterocycles. The summed E-state index contributed by atoms with van der Waals surface area (Å²) < 4.78 is 0. The molecule has 0 heterocycles. The minimum atomic E-state index is -1.08. The summed E-state index contributed by atoms with van der Waals surface area (Å²) in [6, 6.07) is 38.0. The topological polar surface area (TPSA) is 74.6 Å². The summed E-state index contributed by atoms with van der Waals surface area (Å²) in [5.41, 5.74) is 3.35. The van der Waals surface area contributed by atoms with Crippen molar-refractivity contribution in [2.75, 3.05) is 0 Å². The van der Waals surface area contributed by atoms with Crippen molar-refractivity contribution in [1.82, 2.24) is 0 Å². The van der Waals surface area contributed by atoms with Crippen molar-refractivity contribution in [3.63, 3.8) is 0 Å². The molecule has 6 rings (SSSR count). The summed E-state index contributed by atoms with van der Waals surface area (Å²) in [6.07, 6.45) is 0. The van der Waals surface area contributed by atoms with E-state index < -0.39 is 17.4 Å². The number of benzene rings is 6. The van der Waals surface area contributed by atoms with Gasteiger partial charge in [0.05, 0.1) is 11.1 Å². The van der Waals surface area contributed by atoms with Crippen LogP contribution in [0, 0.1) is 23.7 Å². The number of carboxylic acid groups (broad SMARTS) is 2. The molecule has 216 valence electrons. The van der Waals surface area contributed by atoms with Crippen LogP contribution >= 0.6 is 0 Å². The third kappa shape index (κ3) is 5.78. The first-order valence-corrected chi connectivity index (χ1v) is 14.5. The van der Waals surface area contributed by atoms with Gasteiger partial charge in [-0.05, 0) is 69.1 Å². The average molecular weight is 585 g/mol. The summed E-state index contributed by atoms with van der Waals surface area (Å²) in [5.74, 6) is 10.3. The molecule has 0 radical (unpaired) electrons. The van der Waals surface area contributed by atoms with Crippen LogP contribution in [0.1, 0.15) is 67.9 Å². The van der Waals surface area contributed by atoms with E-state index in [4.69, 9.17) is 0 Å². The second kappa shape index (κ2) is 11.9. The van der Waals surface area contributed by atoms with E-state index in [2.05, 4.69) is 23.7 Å². The van der Waals surface area contributed by atoms with E-state index in [1.54, 1.807) is 24.3 Å². The molecule has 0 spiro atoms. The predicted molar refractivity (Wildman–Crippen MR) is 179 cm³/mol. The van der Waals surface area contributed by atoms with Crippen molar-refractivity contribution in [3.8, 4) is 23.7 Å². The Balaban J connectivity index is 1.36. The van der Waals surface area contributed by atoms with Crippen LogP contribution in [0.2, 0.25) is 0 Å². The molecule has 0 aliphatic heterocycles. The molecular formula is C41H28O4. The first-order valence-electron chi connectivity index (χ1n) is 14.5. The van der Waals surface area contributed by atoms with E-state index in [-0.39, 0.29) is 11.1 Å². The van der Waals surface area contributed by atoms with Gasteiger partial charge in [0, 0.05) is 27.7 Å². The molecule has 45 heavy (non-hydrogen) atoms. The van der Waals surface area contributed by atoms with Crippen molar-refractivity contribution < 1.29 is 19.8 Å². The van der Waals surface area contributed by atoms with Gasteiger partial charge in [0.15, 0.2) is 0 Å².